The molecule has 4 heteroatoms. The first kappa shape index (κ1) is 12.2. The predicted octanol–water partition coefficient (Wildman–Crippen LogP) is 0.788. The smallest absolute Gasteiger partial charge is 0.232 e. The second-order valence-electron chi connectivity index (χ2n) is 4.40. The van der Waals surface area contributed by atoms with Crippen molar-refractivity contribution in [1.82, 2.24) is 4.90 Å². The lowest BCUT2D eigenvalue weighted by molar-refractivity contribution is -0.139. The minimum absolute atomic E-state index is 0.0712. The number of amides is 2. The first-order chi connectivity index (χ1) is 6.95. The Labute approximate surface area is 90.3 Å². The monoisotopic (exact) mass is 213 g/mol. The molecule has 1 saturated heterocycles. The predicted molar refractivity (Wildman–Crippen MR) is 56.0 cm³/mol. The number of aliphatic hydroxyl groups excluding tert-OH is 1. The number of aliphatic hydroxyl groups is 1. The van der Waals surface area contributed by atoms with Crippen LogP contribution in [0.4, 0.5) is 0 Å². The van der Waals surface area contributed by atoms with E-state index in [4.69, 9.17) is 5.11 Å². The van der Waals surface area contributed by atoms with Crippen LogP contribution in [0.25, 0.3) is 0 Å². The highest BCUT2D eigenvalue weighted by molar-refractivity contribution is 6.04. The van der Waals surface area contributed by atoms with Crippen LogP contribution in [0.3, 0.4) is 0 Å². The fourth-order valence-corrected chi connectivity index (χ4v) is 1.79. The average molecular weight is 213 g/mol. The van der Waals surface area contributed by atoms with Crippen LogP contribution in [0.1, 0.15) is 33.6 Å². The van der Waals surface area contributed by atoms with Crippen LogP contribution in [0.2, 0.25) is 0 Å². The summed E-state index contributed by atoms with van der Waals surface area (Å²) in [5.41, 5.74) is 0. The first-order valence-corrected chi connectivity index (χ1v) is 5.48. The zero-order chi connectivity index (χ0) is 11.6. The van der Waals surface area contributed by atoms with E-state index in [0.717, 1.165) is 0 Å². The van der Waals surface area contributed by atoms with Crippen molar-refractivity contribution in [2.45, 2.75) is 39.7 Å². The third kappa shape index (κ3) is 2.56. The third-order valence-electron chi connectivity index (χ3n) is 3.06. The van der Waals surface area contributed by atoms with Crippen molar-refractivity contribution < 1.29 is 14.7 Å². The van der Waals surface area contributed by atoms with Gasteiger partial charge in [0.25, 0.3) is 0 Å². The second-order valence-corrected chi connectivity index (χ2v) is 4.40. The number of hydrogen-bond donors (Lipinski definition) is 1. The summed E-state index contributed by atoms with van der Waals surface area (Å²) in [6.45, 7) is 5.73. The van der Waals surface area contributed by atoms with Gasteiger partial charge in [0.15, 0.2) is 0 Å². The molecule has 0 aromatic heterocycles. The molecular weight excluding hydrogens is 194 g/mol. The highest BCUT2D eigenvalue weighted by atomic mass is 16.3. The van der Waals surface area contributed by atoms with E-state index < -0.39 is 0 Å². The Bertz CT molecular complexity index is 243. The van der Waals surface area contributed by atoms with Crippen molar-refractivity contribution in [2.24, 2.45) is 11.8 Å². The van der Waals surface area contributed by atoms with Crippen LogP contribution in [-0.2, 0) is 9.59 Å². The molecule has 0 spiro atoms. The molecule has 1 aliphatic rings. The number of nitrogens with zero attached hydrogens (tertiary/aromatic N) is 1. The summed E-state index contributed by atoms with van der Waals surface area (Å²) in [5, 5.41) is 9.07. The van der Waals surface area contributed by atoms with Crippen LogP contribution in [0.5, 0.6) is 0 Å². The van der Waals surface area contributed by atoms with Crippen molar-refractivity contribution in [3.05, 3.63) is 0 Å². The van der Waals surface area contributed by atoms with Gasteiger partial charge in [0, 0.05) is 18.4 Å². The second kappa shape index (κ2) is 4.75. The van der Waals surface area contributed by atoms with E-state index in [1.165, 1.54) is 4.90 Å². The van der Waals surface area contributed by atoms with Gasteiger partial charge in [-0.2, -0.15) is 0 Å². The molecule has 0 aromatic carbocycles. The van der Waals surface area contributed by atoms with Gasteiger partial charge in [-0.05, 0) is 19.8 Å². The molecule has 0 radical (unpaired) electrons. The number of imide groups is 1. The summed E-state index contributed by atoms with van der Waals surface area (Å²) >= 11 is 0. The van der Waals surface area contributed by atoms with E-state index >= 15 is 0 Å². The van der Waals surface area contributed by atoms with Gasteiger partial charge in [-0.3, -0.25) is 14.5 Å². The Kier molecular flexibility index (Phi) is 3.85. The molecular formula is C11H19NO3. The van der Waals surface area contributed by atoms with Gasteiger partial charge in [-0.15, -0.1) is 0 Å². The molecule has 0 saturated carbocycles. The lowest BCUT2D eigenvalue weighted by Crippen LogP contribution is -2.32. The first-order valence-electron chi connectivity index (χ1n) is 5.48. The van der Waals surface area contributed by atoms with Gasteiger partial charge in [0.2, 0.25) is 11.8 Å². The largest absolute Gasteiger partial charge is 0.393 e. The maximum Gasteiger partial charge on any atom is 0.232 e. The molecule has 1 rings (SSSR count). The summed E-state index contributed by atoms with van der Waals surface area (Å²) in [7, 11) is 0. The molecule has 1 N–H and O–H groups in total. The molecule has 1 aliphatic heterocycles. The molecule has 15 heavy (non-hydrogen) atoms. The van der Waals surface area contributed by atoms with Crippen LogP contribution in [0, 0.1) is 11.8 Å². The van der Waals surface area contributed by atoms with Crippen molar-refractivity contribution in [1.29, 1.82) is 0 Å². The molecule has 0 aromatic rings. The standard InChI is InChI=1S/C11H19NO3/c1-7(13)5-4-6-12-10(14)8(2)9(3)11(12)15/h7-9,13H,4-6H2,1-3H3. The fourth-order valence-electron chi connectivity index (χ4n) is 1.79. The zero-order valence-electron chi connectivity index (χ0n) is 9.56. The minimum atomic E-state index is -0.368. The fraction of sp³-hybridized carbons (Fsp3) is 0.818. The Morgan fingerprint density at radius 3 is 2.13 bits per heavy atom. The van der Waals surface area contributed by atoms with Crippen LogP contribution in [0.15, 0.2) is 0 Å². The summed E-state index contributed by atoms with van der Waals surface area (Å²) < 4.78 is 0. The molecule has 3 unspecified atom stereocenters. The van der Waals surface area contributed by atoms with Crippen LogP contribution in [-0.4, -0.2) is 34.5 Å². The number of carbonyl (C=O) groups is 2. The molecule has 0 bridgehead atoms. The zero-order valence-corrected chi connectivity index (χ0v) is 9.56. The van der Waals surface area contributed by atoms with Gasteiger partial charge >= 0.3 is 0 Å². The van der Waals surface area contributed by atoms with E-state index in [-0.39, 0.29) is 29.8 Å². The van der Waals surface area contributed by atoms with E-state index in [1.807, 2.05) is 0 Å². The Morgan fingerprint density at radius 1 is 1.27 bits per heavy atom. The average Bonchev–Trinajstić information content (AvgIpc) is 2.34. The summed E-state index contributed by atoms with van der Waals surface area (Å²) in [5.74, 6) is -0.524. The van der Waals surface area contributed by atoms with Crippen LogP contribution < -0.4 is 0 Å². The van der Waals surface area contributed by atoms with Gasteiger partial charge < -0.3 is 5.11 Å². The number of hydrogen-bond acceptors (Lipinski definition) is 3. The van der Waals surface area contributed by atoms with Gasteiger partial charge in [0.1, 0.15) is 0 Å². The highest BCUT2D eigenvalue weighted by Crippen LogP contribution is 2.25. The number of rotatable bonds is 4. The molecule has 1 heterocycles. The van der Waals surface area contributed by atoms with Crippen molar-refractivity contribution in [3.8, 4) is 0 Å². The van der Waals surface area contributed by atoms with Crippen molar-refractivity contribution in [3.63, 3.8) is 0 Å². The van der Waals surface area contributed by atoms with Crippen LogP contribution >= 0.6 is 0 Å². The Hall–Kier alpha value is -0.900. The SMILES string of the molecule is CC(O)CCCN1C(=O)C(C)C(C)C1=O. The van der Waals surface area contributed by atoms with Crippen molar-refractivity contribution in [2.75, 3.05) is 6.54 Å². The third-order valence-corrected chi connectivity index (χ3v) is 3.06. The van der Waals surface area contributed by atoms with Crippen molar-refractivity contribution >= 4 is 11.8 Å². The maximum atomic E-state index is 11.6. The normalized spacial score (nSPS) is 28.7. The molecule has 3 atom stereocenters. The van der Waals surface area contributed by atoms with Gasteiger partial charge in [-0.1, -0.05) is 13.8 Å². The van der Waals surface area contributed by atoms with Gasteiger partial charge in [0.05, 0.1) is 6.10 Å². The molecule has 4 nitrogen and oxygen atoms in total. The maximum absolute atomic E-state index is 11.6. The minimum Gasteiger partial charge on any atom is -0.393 e. The summed E-state index contributed by atoms with van der Waals surface area (Å²) in [6, 6.07) is 0. The van der Waals surface area contributed by atoms with E-state index in [0.29, 0.717) is 19.4 Å². The molecule has 2 amide bonds. The van der Waals surface area contributed by atoms with Gasteiger partial charge in [-0.25, -0.2) is 0 Å². The molecule has 1 fully saturated rings. The molecule has 86 valence electrons. The summed E-state index contributed by atoms with van der Waals surface area (Å²) in [4.78, 5) is 24.6. The Balaban J connectivity index is 2.48. The lowest BCUT2D eigenvalue weighted by Gasteiger charge is -2.14. The topological polar surface area (TPSA) is 57.6 Å². The molecule has 0 aliphatic carbocycles. The summed E-state index contributed by atoms with van der Waals surface area (Å²) in [6.07, 6.45) is 0.932. The highest BCUT2D eigenvalue weighted by Gasteiger charge is 2.41. The van der Waals surface area contributed by atoms with E-state index in [2.05, 4.69) is 0 Å². The number of carbonyl (C=O) groups excluding carboxylic acids is 2. The number of likely N-dealkylation sites (tertiary alicyclic amines) is 1. The van der Waals surface area contributed by atoms with E-state index in [1.54, 1.807) is 20.8 Å². The lowest BCUT2D eigenvalue weighted by atomic mass is 10.00. The quantitative estimate of drug-likeness (QED) is 0.702. The van der Waals surface area contributed by atoms with E-state index in [9.17, 15) is 9.59 Å². The Morgan fingerprint density at radius 2 is 1.73 bits per heavy atom.